The monoisotopic (exact) mass is 619 g/mol. The molecule has 8 aromatic rings. The number of hydrogen-bond donors (Lipinski definition) is 0. The van der Waals surface area contributed by atoms with Crippen LogP contribution in [0.4, 0.5) is 0 Å². The molecule has 0 aliphatic carbocycles. The minimum atomic E-state index is 0. The van der Waals surface area contributed by atoms with E-state index in [4.69, 9.17) is 0 Å². The van der Waals surface area contributed by atoms with Crippen LogP contribution in [0.1, 0.15) is 0 Å². The summed E-state index contributed by atoms with van der Waals surface area (Å²) < 4.78 is 0. The third kappa shape index (κ3) is 4.92. The zero-order chi connectivity index (χ0) is 27.9. The van der Waals surface area contributed by atoms with Gasteiger partial charge in [-0.05, 0) is 60.1 Å². The van der Waals surface area contributed by atoms with Gasteiger partial charge in [0, 0.05) is 32.7 Å². The minimum Gasteiger partial charge on any atom is -0.226 e. The molecular weight excluding hydrogens is 593 g/mol. The summed E-state index contributed by atoms with van der Waals surface area (Å²) in [6.07, 6.45) is 0. The van der Waals surface area contributed by atoms with Crippen LogP contribution in [0.3, 0.4) is 0 Å². The Balaban J connectivity index is 0.00000300. The Morgan fingerprint density at radius 1 is 0.349 bits per heavy atom. The summed E-state index contributed by atoms with van der Waals surface area (Å²) in [6.45, 7) is 0. The largest absolute Gasteiger partial charge is 0.226 e. The topological polar surface area (TPSA) is 0 Å². The molecule has 0 saturated heterocycles. The summed E-state index contributed by atoms with van der Waals surface area (Å²) >= 11 is 0. The first-order valence-corrected chi connectivity index (χ1v) is 14.4. The minimum absolute atomic E-state index is 0. The first kappa shape index (κ1) is 27.5. The van der Waals surface area contributed by atoms with Crippen LogP contribution in [-0.4, -0.2) is 0 Å². The second kappa shape index (κ2) is 11.7. The van der Waals surface area contributed by atoms with Gasteiger partial charge in [0.15, 0.2) is 0 Å². The van der Waals surface area contributed by atoms with Crippen molar-refractivity contribution in [3.63, 3.8) is 0 Å². The standard InChI is InChI=1S/C42H26.Y/c1-2-12-29(13-3-1)33-16-10-17-34(28-33)30-24-26-32(27-25-30)41-37-19-6-8-21-39(37)42(40-22-9-7-20-38(40)41)36-23-11-15-31-14-4-5-18-35(31)36;/h1-12,14-15,17-28H;/q-2;. The molecule has 43 heavy (non-hydrogen) atoms. The maximum Gasteiger partial charge on any atom is 0 e. The first-order valence-electron chi connectivity index (χ1n) is 14.4. The molecule has 0 aliphatic rings. The number of benzene rings is 8. The van der Waals surface area contributed by atoms with E-state index >= 15 is 0 Å². The van der Waals surface area contributed by atoms with Crippen molar-refractivity contribution in [2.45, 2.75) is 0 Å². The summed E-state index contributed by atoms with van der Waals surface area (Å²) in [5.74, 6) is 0. The van der Waals surface area contributed by atoms with Gasteiger partial charge in [-0.1, -0.05) is 115 Å². The van der Waals surface area contributed by atoms with E-state index < -0.39 is 0 Å². The summed E-state index contributed by atoms with van der Waals surface area (Å²) in [5.41, 5.74) is 9.53. The molecule has 199 valence electrons. The van der Waals surface area contributed by atoms with Gasteiger partial charge < -0.3 is 0 Å². The van der Waals surface area contributed by atoms with Crippen molar-refractivity contribution < 1.29 is 32.7 Å². The van der Waals surface area contributed by atoms with E-state index in [1.807, 2.05) is 24.3 Å². The van der Waals surface area contributed by atoms with Crippen molar-refractivity contribution in [3.05, 3.63) is 170 Å². The number of rotatable bonds is 4. The Morgan fingerprint density at radius 3 is 1.58 bits per heavy atom. The van der Waals surface area contributed by atoms with Crippen LogP contribution in [0.25, 0.3) is 76.8 Å². The zero-order valence-electron chi connectivity index (χ0n) is 23.6. The molecule has 0 aromatic heterocycles. The fourth-order valence-corrected chi connectivity index (χ4v) is 6.36. The molecule has 1 heteroatoms. The number of fused-ring (bicyclic) bond motifs is 3. The zero-order valence-corrected chi connectivity index (χ0v) is 26.4. The van der Waals surface area contributed by atoms with Crippen molar-refractivity contribution >= 4 is 32.3 Å². The SMILES string of the molecule is [Y].[c-]1ccccc1-c1[c-]ccc(-c2ccc(-c3c4ccccc4c(-c4cccc5ccccc45)c4ccccc34)cc2)c1. The van der Waals surface area contributed by atoms with Gasteiger partial charge >= 0.3 is 0 Å². The smallest absolute Gasteiger partial charge is 0 e. The Bertz CT molecular complexity index is 2170. The van der Waals surface area contributed by atoms with Gasteiger partial charge in [-0.3, -0.25) is 0 Å². The summed E-state index contributed by atoms with van der Waals surface area (Å²) in [6, 6.07) is 63.2. The second-order valence-electron chi connectivity index (χ2n) is 10.7. The molecule has 0 bridgehead atoms. The average molecular weight is 620 g/mol. The number of hydrogen-bond acceptors (Lipinski definition) is 0. The molecule has 0 amide bonds. The fraction of sp³-hybridized carbons (Fsp3) is 0. The van der Waals surface area contributed by atoms with Gasteiger partial charge in [0.1, 0.15) is 0 Å². The molecule has 0 atom stereocenters. The van der Waals surface area contributed by atoms with E-state index in [1.54, 1.807) is 0 Å². The molecule has 0 N–H and O–H groups in total. The molecule has 0 saturated carbocycles. The van der Waals surface area contributed by atoms with Crippen LogP contribution in [-0.2, 0) is 32.7 Å². The van der Waals surface area contributed by atoms with Gasteiger partial charge in [0.2, 0.25) is 0 Å². The summed E-state index contributed by atoms with van der Waals surface area (Å²) in [5, 5.41) is 7.61. The fourth-order valence-electron chi connectivity index (χ4n) is 6.36. The van der Waals surface area contributed by atoms with Crippen LogP contribution < -0.4 is 0 Å². The normalized spacial score (nSPS) is 11.1. The molecule has 8 rings (SSSR count). The molecule has 0 unspecified atom stereocenters. The molecule has 0 heterocycles. The Kier molecular flexibility index (Phi) is 7.50. The molecule has 0 fully saturated rings. The van der Waals surface area contributed by atoms with Gasteiger partial charge in [0.05, 0.1) is 0 Å². The molecular formula is C42H26Y-2. The third-order valence-electron chi connectivity index (χ3n) is 8.30. The van der Waals surface area contributed by atoms with E-state index in [2.05, 4.69) is 146 Å². The van der Waals surface area contributed by atoms with Crippen LogP contribution in [0, 0.1) is 12.1 Å². The van der Waals surface area contributed by atoms with E-state index in [0.717, 1.165) is 11.1 Å². The van der Waals surface area contributed by atoms with Crippen LogP contribution in [0.5, 0.6) is 0 Å². The van der Waals surface area contributed by atoms with Crippen molar-refractivity contribution in [2.24, 2.45) is 0 Å². The summed E-state index contributed by atoms with van der Waals surface area (Å²) in [7, 11) is 0. The Hall–Kier alpha value is -4.36. The van der Waals surface area contributed by atoms with Crippen molar-refractivity contribution in [2.75, 3.05) is 0 Å². The van der Waals surface area contributed by atoms with E-state index in [-0.39, 0.29) is 32.7 Å². The Morgan fingerprint density at radius 2 is 0.907 bits per heavy atom. The molecule has 0 aliphatic heterocycles. The maximum atomic E-state index is 3.37. The summed E-state index contributed by atoms with van der Waals surface area (Å²) in [4.78, 5) is 0. The molecule has 0 spiro atoms. The second-order valence-corrected chi connectivity index (χ2v) is 10.7. The van der Waals surface area contributed by atoms with Gasteiger partial charge in [-0.25, -0.2) is 11.1 Å². The molecule has 8 aromatic carbocycles. The van der Waals surface area contributed by atoms with Crippen LogP contribution in [0.2, 0.25) is 0 Å². The van der Waals surface area contributed by atoms with Gasteiger partial charge in [-0.2, -0.15) is 42.5 Å². The van der Waals surface area contributed by atoms with Crippen LogP contribution >= 0.6 is 0 Å². The predicted molar refractivity (Wildman–Crippen MR) is 178 cm³/mol. The van der Waals surface area contributed by atoms with E-state index in [9.17, 15) is 0 Å². The third-order valence-corrected chi connectivity index (χ3v) is 8.30. The Labute approximate surface area is 277 Å². The van der Waals surface area contributed by atoms with Crippen molar-refractivity contribution in [3.8, 4) is 44.5 Å². The quantitative estimate of drug-likeness (QED) is 0.136. The predicted octanol–water partition coefficient (Wildman–Crippen LogP) is 11.4. The van der Waals surface area contributed by atoms with Crippen molar-refractivity contribution in [1.82, 2.24) is 0 Å². The van der Waals surface area contributed by atoms with E-state index in [1.165, 1.54) is 65.7 Å². The average Bonchev–Trinajstić information content (AvgIpc) is 3.07. The first-order chi connectivity index (χ1) is 20.8. The van der Waals surface area contributed by atoms with Crippen molar-refractivity contribution in [1.29, 1.82) is 0 Å². The molecule has 1 radical (unpaired) electrons. The van der Waals surface area contributed by atoms with E-state index in [0.29, 0.717) is 0 Å². The van der Waals surface area contributed by atoms with Crippen LogP contribution in [0.15, 0.2) is 158 Å². The van der Waals surface area contributed by atoms with Gasteiger partial charge in [0.25, 0.3) is 0 Å². The van der Waals surface area contributed by atoms with Gasteiger partial charge in [-0.15, -0.1) is 17.7 Å². The maximum absolute atomic E-state index is 3.37. The molecule has 0 nitrogen and oxygen atoms in total.